The predicted molar refractivity (Wildman–Crippen MR) is 41.7 cm³/mol. The highest BCUT2D eigenvalue weighted by atomic mass is 16.5. The summed E-state index contributed by atoms with van der Waals surface area (Å²) in [5.74, 6) is 0. The molecule has 0 spiro atoms. The molecule has 0 unspecified atom stereocenters. The minimum absolute atomic E-state index is 0. The maximum atomic E-state index is 8.65. The van der Waals surface area contributed by atoms with Gasteiger partial charge in [-0.1, -0.05) is 14.9 Å². The van der Waals surface area contributed by atoms with E-state index in [0.29, 0.717) is 5.69 Å². The highest BCUT2D eigenvalue weighted by Crippen LogP contribution is 1.90. The largest absolute Gasteiger partial charge is 0.394 e. The Bertz CT molecular complexity index is 171. The summed E-state index contributed by atoms with van der Waals surface area (Å²) in [6.07, 6.45) is 2.91. The first-order valence-corrected chi connectivity index (χ1v) is 2.25. The number of anilines is 1. The van der Waals surface area contributed by atoms with Crippen molar-refractivity contribution >= 4 is 5.69 Å². The lowest BCUT2D eigenvalue weighted by atomic mass is 10.4. The number of nitrogen functional groups attached to an aromatic ring is 1. The number of aromatic nitrogens is 1. The van der Waals surface area contributed by atoms with E-state index in [0.717, 1.165) is 4.73 Å². The van der Waals surface area contributed by atoms with Gasteiger partial charge in [-0.25, -0.2) is 0 Å². The van der Waals surface area contributed by atoms with Gasteiger partial charge in [-0.2, -0.15) is 0 Å². The van der Waals surface area contributed by atoms with E-state index in [4.69, 9.17) is 10.9 Å². The number of rotatable bonds is 0. The topological polar surface area (TPSA) is 50.1 Å². The Labute approximate surface area is 61.7 Å². The second kappa shape index (κ2) is 4.61. The van der Waals surface area contributed by atoms with Crippen molar-refractivity contribution in [2.24, 2.45) is 0 Å². The van der Waals surface area contributed by atoms with Gasteiger partial charge in [0.05, 0.1) is 0 Å². The first-order chi connectivity index (χ1) is 3.79. The van der Waals surface area contributed by atoms with Gasteiger partial charge in [-0.05, 0) is 6.07 Å². The number of hydrogen-bond donors (Lipinski definition) is 2. The monoisotopic (exact) mass is 143 g/mol. The van der Waals surface area contributed by atoms with E-state index < -0.39 is 0 Å². The van der Waals surface area contributed by atoms with Crippen LogP contribution in [0.5, 0.6) is 0 Å². The first-order valence-electron chi connectivity index (χ1n) is 2.25. The first kappa shape index (κ1) is 11.5. The zero-order valence-electron chi connectivity index (χ0n) is 4.28. The molecule has 1 aromatic rings. The van der Waals surface area contributed by atoms with Crippen molar-refractivity contribution in [3.05, 3.63) is 24.5 Å². The zero-order chi connectivity index (χ0) is 5.98. The van der Waals surface area contributed by atoms with Gasteiger partial charge in [-0.15, -0.1) is 0 Å². The van der Waals surface area contributed by atoms with Crippen LogP contribution in [0.15, 0.2) is 24.5 Å². The summed E-state index contributed by atoms with van der Waals surface area (Å²) in [7, 11) is 0. The van der Waals surface area contributed by atoms with E-state index in [1.807, 2.05) is 0 Å². The van der Waals surface area contributed by atoms with Crippen molar-refractivity contribution in [3.63, 3.8) is 0 Å². The average molecular weight is 143 g/mol. The Balaban J connectivity index is 0. The smallest absolute Gasteiger partial charge is 0.245 e. The fraction of sp³-hybridized carbons (Fsp3) is 0.286. The van der Waals surface area contributed by atoms with E-state index in [2.05, 4.69) is 0 Å². The number of pyridine rings is 1. The van der Waals surface area contributed by atoms with Gasteiger partial charge in [0, 0.05) is 10.8 Å². The van der Waals surface area contributed by atoms with E-state index in [1.54, 1.807) is 12.1 Å². The van der Waals surface area contributed by atoms with E-state index in [9.17, 15) is 0 Å². The molecule has 0 atom stereocenters. The Morgan fingerprint density at radius 1 is 1.40 bits per heavy atom. The molecule has 0 aliphatic rings. The van der Waals surface area contributed by atoms with Gasteiger partial charge < -0.3 is 5.73 Å². The average Bonchev–Trinajstić information content (AvgIpc) is 1.64. The highest BCUT2D eigenvalue weighted by molar-refractivity contribution is 5.30. The van der Waals surface area contributed by atoms with Crippen LogP contribution in [0.3, 0.4) is 0 Å². The molecule has 0 aromatic carbocycles. The zero-order valence-corrected chi connectivity index (χ0v) is 4.28. The molecule has 1 rings (SSSR count). The molecule has 0 bridgehead atoms. The predicted octanol–water partition coefficient (Wildman–Crippen LogP) is 1.07. The van der Waals surface area contributed by atoms with Crippen molar-refractivity contribution in [2.75, 3.05) is 5.73 Å². The molecule has 0 aliphatic heterocycles. The molecule has 0 saturated heterocycles. The molecule has 0 fully saturated rings. The van der Waals surface area contributed by atoms with Crippen LogP contribution >= 0.6 is 0 Å². The standard InChI is InChI=1S/C5H7N2O.2CH4/c6-5-2-1-3-7(8)4-5;;/h1-4,8H,6H2;2*1H4/q+1;;. The van der Waals surface area contributed by atoms with E-state index in [-0.39, 0.29) is 14.9 Å². The second-order valence-corrected chi connectivity index (χ2v) is 1.52. The summed E-state index contributed by atoms with van der Waals surface area (Å²) in [4.78, 5) is 0. The Kier molecular flexibility index (Phi) is 5.32. The molecule has 0 saturated carbocycles. The summed E-state index contributed by atoms with van der Waals surface area (Å²) in [6, 6.07) is 3.36. The van der Waals surface area contributed by atoms with Crippen LogP contribution in [0.4, 0.5) is 5.69 Å². The van der Waals surface area contributed by atoms with Crippen molar-refractivity contribution in [3.8, 4) is 0 Å². The van der Waals surface area contributed by atoms with Crippen LogP contribution in [0.25, 0.3) is 0 Å². The summed E-state index contributed by atoms with van der Waals surface area (Å²) >= 11 is 0. The minimum atomic E-state index is 0. The van der Waals surface area contributed by atoms with Crippen LogP contribution in [0, 0.1) is 0 Å². The fourth-order valence-corrected chi connectivity index (χ4v) is 0.481. The van der Waals surface area contributed by atoms with Crippen molar-refractivity contribution in [1.29, 1.82) is 0 Å². The molecular weight excluding hydrogens is 128 g/mol. The lowest BCUT2D eigenvalue weighted by Gasteiger charge is -1.82. The third-order valence-electron chi connectivity index (χ3n) is 0.809. The Morgan fingerprint density at radius 3 is 2.30 bits per heavy atom. The quantitative estimate of drug-likeness (QED) is 0.421. The molecule has 0 amide bonds. The van der Waals surface area contributed by atoms with Crippen LogP contribution in [-0.4, -0.2) is 5.21 Å². The third-order valence-corrected chi connectivity index (χ3v) is 0.809. The molecule has 3 N–H and O–H groups in total. The Hall–Kier alpha value is -1.25. The summed E-state index contributed by atoms with van der Waals surface area (Å²) in [5.41, 5.74) is 5.83. The highest BCUT2D eigenvalue weighted by Gasteiger charge is 1.91. The molecule has 10 heavy (non-hydrogen) atoms. The van der Waals surface area contributed by atoms with Gasteiger partial charge in [0.1, 0.15) is 5.69 Å². The molecule has 3 nitrogen and oxygen atoms in total. The van der Waals surface area contributed by atoms with E-state index >= 15 is 0 Å². The molecule has 1 heterocycles. The van der Waals surface area contributed by atoms with Gasteiger partial charge in [-0.3, -0.25) is 5.21 Å². The van der Waals surface area contributed by atoms with Gasteiger partial charge in [0.2, 0.25) is 12.4 Å². The summed E-state index contributed by atoms with van der Waals surface area (Å²) < 4.78 is 0.912. The second-order valence-electron chi connectivity index (χ2n) is 1.52. The van der Waals surface area contributed by atoms with E-state index in [1.165, 1.54) is 12.4 Å². The van der Waals surface area contributed by atoms with Crippen molar-refractivity contribution < 1.29 is 9.94 Å². The maximum Gasteiger partial charge on any atom is 0.245 e. The van der Waals surface area contributed by atoms with Crippen LogP contribution in [0.1, 0.15) is 14.9 Å². The van der Waals surface area contributed by atoms with Gasteiger partial charge in [0.15, 0.2) is 0 Å². The van der Waals surface area contributed by atoms with Gasteiger partial charge >= 0.3 is 0 Å². The molecular formula is C7H15N2O+. The maximum absolute atomic E-state index is 8.65. The van der Waals surface area contributed by atoms with Crippen molar-refractivity contribution in [2.45, 2.75) is 14.9 Å². The number of nitrogens with two attached hydrogens (primary N) is 1. The number of hydrogen-bond acceptors (Lipinski definition) is 2. The van der Waals surface area contributed by atoms with Crippen LogP contribution in [-0.2, 0) is 0 Å². The van der Waals surface area contributed by atoms with Gasteiger partial charge in [0.25, 0.3) is 0 Å². The minimum Gasteiger partial charge on any atom is -0.394 e. The lowest BCUT2D eigenvalue weighted by molar-refractivity contribution is -0.904. The molecule has 0 radical (unpaired) electrons. The fourth-order valence-electron chi connectivity index (χ4n) is 0.481. The van der Waals surface area contributed by atoms with Crippen LogP contribution in [0.2, 0.25) is 0 Å². The lowest BCUT2D eigenvalue weighted by Crippen LogP contribution is -2.28. The summed E-state index contributed by atoms with van der Waals surface area (Å²) in [6.45, 7) is 0. The molecule has 58 valence electrons. The SMILES string of the molecule is C.C.Nc1ccc[n+](O)c1. The van der Waals surface area contributed by atoms with Crippen molar-refractivity contribution in [1.82, 2.24) is 0 Å². The number of nitrogens with zero attached hydrogens (tertiary/aromatic N) is 1. The molecule has 3 heteroatoms. The third kappa shape index (κ3) is 2.91. The van der Waals surface area contributed by atoms with Crippen LogP contribution < -0.4 is 10.5 Å². The molecule has 1 aromatic heterocycles. The molecule has 0 aliphatic carbocycles. The Morgan fingerprint density at radius 2 is 2.00 bits per heavy atom. The normalized spacial score (nSPS) is 7.20. The summed E-state index contributed by atoms with van der Waals surface area (Å²) in [5, 5.41) is 8.65.